The number of nitrogens with one attached hydrogen (secondary N) is 1. The second-order valence-electron chi connectivity index (χ2n) is 7.27. The van der Waals surface area contributed by atoms with Crippen LogP contribution in [-0.2, 0) is 14.3 Å². The Balaban J connectivity index is 1.45. The molecule has 8 heteroatoms. The minimum Gasteiger partial charge on any atom is -0.480 e. The molecule has 7 nitrogen and oxygen atoms in total. The highest BCUT2D eigenvalue weighted by molar-refractivity contribution is 6.32. The van der Waals surface area contributed by atoms with Crippen LogP contribution in [0, 0.1) is 0 Å². The molecule has 0 aromatic heterocycles. The van der Waals surface area contributed by atoms with Crippen molar-refractivity contribution in [3.05, 3.63) is 94.0 Å². The molecule has 1 aliphatic carbocycles. The van der Waals surface area contributed by atoms with Gasteiger partial charge in [-0.25, -0.2) is 4.79 Å². The second-order valence-corrected chi connectivity index (χ2v) is 7.68. The monoisotopic (exact) mass is 463 g/mol. The molecule has 0 heterocycles. The summed E-state index contributed by atoms with van der Waals surface area (Å²) in [5.41, 5.74) is 1.07. The maximum atomic E-state index is 13.0. The van der Waals surface area contributed by atoms with E-state index in [1.54, 1.807) is 54.6 Å². The highest BCUT2D eigenvalue weighted by atomic mass is 35.5. The lowest BCUT2D eigenvalue weighted by Crippen LogP contribution is -2.32. The van der Waals surface area contributed by atoms with E-state index in [1.165, 1.54) is 19.1 Å². The molecular weight excluding hydrogens is 446 g/mol. The van der Waals surface area contributed by atoms with E-state index < -0.39 is 24.6 Å². The van der Waals surface area contributed by atoms with Crippen molar-refractivity contribution in [3.63, 3.8) is 0 Å². The van der Waals surface area contributed by atoms with Crippen LogP contribution in [-0.4, -0.2) is 36.2 Å². The third kappa shape index (κ3) is 4.49. The SMILES string of the molecule is CC(OC(=O)COc1ccccc1Cl)C(=O)Nc1cccc2c1C(=O)c1ccccc1C2=O. The summed E-state index contributed by atoms with van der Waals surface area (Å²) in [6, 6.07) is 17.8. The molecule has 4 rings (SSSR count). The fraction of sp³-hybridized carbons (Fsp3) is 0.120. The van der Waals surface area contributed by atoms with Gasteiger partial charge in [-0.05, 0) is 25.1 Å². The van der Waals surface area contributed by atoms with Gasteiger partial charge in [-0.3, -0.25) is 14.4 Å². The Morgan fingerprint density at radius 1 is 0.879 bits per heavy atom. The first-order chi connectivity index (χ1) is 15.9. The summed E-state index contributed by atoms with van der Waals surface area (Å²) in [6.45, 7) is 0.951. The van der Waals surface area contributed by atoms with Crippen molar-refractivity contribution in [1.82, 2.24) is 0 Å². The molecular formula is C25H18ClNO6. The predicted octanol–water partition coefficient (Wildman–Crippen LogP) is 4.06. The molecule has 0 spiro atoms. The number of ether oxygens (including phenoxy) is 2. The Morgan fingerprint density at radius 2 is 1.52 bits per heavy atom. The van der Waals surface area contributed by atoms with Crippen molar-refractivity contribution < 1.29 is 28.7 Å². The van der Waals surface area contributed by atoms with Crippen LogP contribution in [0.1, 0.15) is 38.8 Å². The highest BCUT2D eigenvalue weighted by Crippen LogP contribution is 2.32. The van der Waals surface area contributed by atoms with Crippen LogP contribution in [0.15, 0.2) is 66.7 Å². The smallest absolute Gasteiger partial charge is 0.344 e. The maximum Gasteiger partial charge on any atom is 0.344 e. The predicted molar refractivity (Wildman–Crippen MR) is 121 cm³/mol. The van der Waals surface area contributed by atoms with Crippen LogP contribution >= 0.6 is 11.6 Å². The number of ketones is 2. The van der Waals surface area contributed by atoms with Gasteiger partial charge in [-0.15, -0.1) is 0 Å². The summed E-state index contributed by atoms with van der Waals surface area (Å²) in [7, 11) is 0. The summed E-state index contributed by atoms with van der Waals surface area (Å²) in [4.78, 5) is 50.6. The number of anilines is 1. The molecule has 33 heavy (non-hydrogen) atoms. The van der Waals surface area contributed by atoms with Gasteiger partial charge in [-0.2, -0.15) is 0 Å². The molecule has 1 unspecified atom stereocenters. The van der Waals surface area contributed by atoms with Crippen LogP contribution < -0.4 is 10.1 Å². The number of rotatable bonds is 6. The van der Waals surface area contributed by atoms with Crippen LogP contribution in [0.5, 0.6) is 5.75 Å². The van der Waals surface area contributed by atoms with Crippen molar-refractivity contribution in [2.45, 2.75) is 13.0 Å². The first-order valence-corrected chi connectivity index (χ1v) is 10.4. The Kier molecular flexibility index (Phi) is 6.24. The Bertz CT molecular complexity index is 1290. The van der Waals surface area contributed by atoms with Crippen molar-refractivity contribution in [2.24, 2.45) is 0 Å². The molecule has 1 atom stereocenters. The molecule has 0 saturated carbocycles. The van der Waals surface area contributed by atoms with Crippen LogP contribution in [0.25, 0.3) is 0 Å². The number of para-hydroxylation sites is 1. The molecule has 1 amide bonds. The molecule has 0 fully saturated rings. The van der Waals surface area contributed by atoms with E-state index in [9.17, 15) is 19.2 Å². The van der Waals surface area contributed by atoms with E-state index in [1.807, 2.05) is 0 Å². The van der Waals surface area contributed by atoms with Crippen molar-refractivity contribution in [3.8, 4) is 5.75 Å². The van der Waals surface area contributed by atoms with Crippen molar-refractivity contribution >= 4 is 40.7 Å². The Labute approximate surface area is 194 Å². The van der Waals surface area contributed by atoms with E-state index in [0.29, 0.717) is 16.3 Å². The number of fused-ring (bicyclic) bond motifs is 2. The second kappa shape index (κ2) is 9.26. The van der Waals surface area contributed by atoms with Gasteiger partial charge in [0.25, 0.3) is 5.91 Å². The Morgan fingerprint density at radius 3 is 2.24 bits per heavy atom. The van der Waals surface area contributed by atoms with Gasteiger partial charge in [0.05, 0.1) is 16.3 Å². The quantitative estimate of drug-likeness (QED) is 0.433. The number of halogens is 1. The molecule has 0 bridgehead atoms. The molecule has 1 N–H and O–H groups in total. The minimum atomic E-state index is -1.18. The zero-order valence-electron chi connectivity index (χ0n) is 17.5. The van der Waals surface area contributed by atoms with Crippen LogP contribution in [0.2, 0.25) is 5.02 Å². The molecule has 0 radical (unpaired) electrons. The minimum absolute atomic E-state index is 0.107. The first-order valence-electron chi connectivity index (χ1n) is 10.1. The van der Waals surface area contributed by atoms with Crippen LogP contribution in [0.3, 0.4) is 0 Å². The highest BCUT2D eigenvalue weighted by Gasteiger charge is 2.32. The summed E-state index contributed by atoms with van der Waals surface area (Å²) < 4.78 is 10.4. The van der Waals surface area contributed by atoms with E-state index in [0.717, 1.165) is 0 Å². The van der Waals surface area contributed by atoms with Gasteiger partial charge < -0.3 is 14.8 Å². The number of hydrogen-bond donors (Lipinski definition) is 1. The summed E-state index contributed by atoms with van der Waals surface area (Å²) in [5.74, 6) is -1.78. The molecule has 1 aliphatic rings. The first kappa shape index (κ1) is 22.2. The van der Waals surface area contributed by atoms with Gasteiger partial charge >= 0.3 is 5.97 Å². The number of hydrogen-bond acceptors (Lipinski definition) is 6. The zero-order valence-corrected chi connectivity index (χ0v) is 18.2. The summed E-state index contributed by atoms with van der Waals surface area (Å²) in [6.07, 6.45) is -1.18. The van der Waals surface area contributed by atoms with E-state index in [4.69, 9.17) is 21.1 Å². The van der Waals surface area contributed by atoms with Crippen LogP contribution in [0.4, 0.5) is 5.69 Å². The average Bonchev–Trinajstić information content (AvgIpc) is 2.82. The molecule has 3 aromatic carbocycles. The number of benzene rings is 3. The fourth-order valence-electron chi connectivity index (χ4n) is 3.47. The van der Waals surface area contributed by atoms with Gasteiger partial charge in [-0.1, -0.05) is 60.1 Å². The number of esters is 1. The summed E-state index contributed by atoms with van der Waals surface area (Å²) in [5, 5.41) is 2.93. The molecule has 3 aromatic rings. The van der Waals surface area contributed by atoms with Crippen molar-refractivity contribution in [1.29, 1.82) is 0 Å². The normalized spacial score (nSPS) is 12.9. The fourth-order valence-corrected chi connectivity index (χ4v) is 3.66. The summed E-state index contributed by atoms with van der Waals surface area (Å²) >= 11 is 5.97. The molecule has 166 valence electrons. The average molecular weight is 464 g/mol. The van der Waals surface area contributed by atoms with E-state index in [2.05, 4.69) is 5.32 Å². The van der Waals surface area contributed by atoms with Gasteiger partial charge in [0.1, 0.15) is 5.75 Å². The van der Waals surface area contributed by atoms with Gasteiger partial charge in [0.15, 0.2) is 24.3 Å². The standard InChI is InChI=1S/C25H18ClNO6/c1-14(33-21(28)13-32-20-12-5-4-10-18(20)26)25(31)27-19-11-6-9-17-22(19)24(30)16-8-3-2-7-15(16)23(17)29/h2-12,14H,13H2,1H3,(H,27,31). The lowest BCUT2D eigenvalue weighted by molar-refractivity contribution is -0.155. The molecule has 0 saturated heterocycles. The van der Waals surface area contributed by atoms with Crippen molar-refractivity contribution in [2.75, 3.05) is 11.9 Å². The molecule has 0 aliphatic heterocycles. The van der Waals surface area contributed by atoms with Gasteiger partial charge in [0, 0.05) is 16.7 Å². The number of amides is 1. The lowest BCUT2D eigenvalue weighted by Gasteiger charge is -2.21. The van der Waals surface area contributed by atoms with E-state index >= 15 is 0 Å². The van der Waals surface area contributed by atoms with Gasteiger partial charge in [0.2, 0.25) is 0 Å². The third-order valence-electron chi connectivity index (χ3n) is 5.07. The third-order valence-corrected chi connectivity index (χ3v) is 5.38. The lowest BCUT2D eigenvalue weighted by atomic mass is 9.83. The number of carbonyl (C=O) groups excluding carboxylic acids is 4. The Hall–Kier alpha value is -3.97. The van der Waals surface area contributed by atoms with E-state index in [-0.39, 0.29) is 33.9 Å². The number of carbonyl (C=O) groups is 4. The zero-order chi connectivity index (χ0) is 23.5. The largest absolute Gasteiger partial charge is 0.480 e. The maximum absolute atomic E-state index is 13.0. The topological polar surface area (TPSA) is 98.8 Å².